The number of carbonyl (C=O) groups excluding carboxylic acids is 1. The minimum absolute atomic E-state index is 0.0906. The number of nitrogens with zero attached hydrogens (tertiary/aromatic N) is 3. The Balaban J connectivity index is 2.22. The van der Waals surface area contributed by atoms with Crippen molar-refractivity contribution in [1.82, 2.24) is 20.0 Å². The van der Waals surface area contributed by atoms with Crippen LogP contribution in [0, 0.1) is 11.8 Å². The van der Waals surface area contributed by atoms with Crippen LogP contribution in [0.5, 0.6) is 0 Å². The van der Waals surface area contributed by atoms with Gasteiger partial charge in [-0.3, -0.25) is 0 Å². The molecule has 5 heteroatoms. The monoisotopic (exact) mass is 326 g/mol. The van der Waals surface area contributed by atoms with E-state index in [9.17, 15) is 4.79 Å². The van der Waals surface area contributed by atoms with E-state index < -0.39 is 0 Å². The molecule has 1 fully saturated rings. The van der Waals surface area contributed by atoms with Gasteiger partial charge in [0.25, 0.3) is 0 Å². The number of amides is 2. The van der Waals surface area contributed by atoms with Crippen LogP contribution in [0.1, 0.15) is 40.0 Å². The second-order valence-electron chi connectivity index (χ2n) is 7.75. The van der Waals surface area contributed by atoms with Gasteiger partial charge in [-0.2, -0.15) is 0 Å². The van der Waals surface area contributed by atoms with Crippen LogP contribution in [0.4, 0.5) is 4.79 Å². The number of rotatable bonds is 9. The number of likely N-dealkylation sites (N-methyl/N-ethyl adjacent to an activating group) is 1. The van der Waals surface area contributed by atoms with Crippen LogP contribution < -0.4 is 5.32 Å². The van der Waals surface area contributed by atoms with E-state index in [0.29, 0.717) is 5.92 Å². The van der Waals surface area contributed by atoms with Gasteiger partial charge in [-0.25, -0.2) is 4.79 Å². The number of urea groups is 1. The third-order valence-corrected chi connectivity index (χ3v) is 4.49. The molecule has 2 amide bonds. The van der Waals surface area contributed by atoms with Crippen LogP contribution in [-0.4, -0.2) is 80.6 Å². The number of hydrogen-bond acceptors (Lipinski definition) is 3. The molecule has 23 heavy (non-hydrogen) atoms. The lowest BCUT2D eigenvalue weighted by molar-refractivity contribution is 0.178. The van der Waals surface area contributed by atoms with Crippen molar-refractivity contribution in [1.29, 1.82) is 0 Å². The van der Waals surface area contributed by atoms with Gasteiger partial charge >= 0.3 is 6.03 Å². The molecule has 1 rings (SSSR count). The fourth-order valence-corrected chi connectivity index (χ4v) is 2.93. The highest BCUT2D eigenvalue weighted by Gasteiger charge is 2.16. The number of carbonyl (C=O) groups is 1. The van der Waals surface area contributed by atoms with Crippen LogP contribution in [0.25, 0.3) is 0 Å². The van der Waals surface area contributed by atoms with E-state index in [4.69, 9.17) is 0 Å². The summed E-state index contributed by atoms with van der Waals surface area (Å²) >= 11 is 0. The third kappa shape index (κ3) is 9.16. The molecule has 1 aliphatic heterocycles. The van der Waals surface area contributed by atoms with Gasteiger partial charge in [-0.05, 0) is 64.8 Å². The number of piperidine rings is 1. The summed E-state index contributed by atoms with van der Waals surface area (Å²) in [5, 5.41) is 3.10. The van der Waals surface area contributed by atoms with E-state index in [1.807, 2.05) is 19.0 Å². The van der Waals surface area contributed by atoms with Gasteiger partial charge in [0.15, 0.2) is 0 Å². The average Bonchev–Trinajstić information content (AvgIpc) is 2.49. The van der Waals surface area contributed by atoms with Crippen molar-refractivity contribution < 1.29 is 4.79 Å². The lowest BCUT2D eigenvalue weighted by Crippen LogP contribution is -2.45. The number of hydrogen-bond donors (Lipinski definition) is 1. The van der Waals surface area contributed by atoms with Crippen molar-refractivity contribution in [3.63, 3.8) is 0 Å². The molecule has 1 N–H and O–H groups in total. The van der Waals surface area contributed by atoms with E-state index in [-0.39, 0.29) is 6.03 Å². The van der Waals surface area contributed by atoms with Gasteiger partial charge in [-0.15, -0.1) is 0 Å². The molecular weight excluding hydrogens is 288 g/mol. The molecule has 0 aromatic carbocycles. The van der Waals surface area contributed by atoms with Crippen molar-refractivity contribution in [2.45, 2.75) is 40.0 Å². The van der Waals surface area contributed by atoms with Gasteiger partial charge < -0.3 is 20.0 Å². The molecule has 0 aromatic heterocycles. The minimum atomic E-state index is 0.0906. The van der Waals surface area contributed by atoms with Gasteiger partial charge in [0.2, 0.25) is 0 Å². The molecule has 1 heterocycles. The first-order chi connectivity index (χ1) is 10.9. The van der Waals surface area contributed by atoms with Crippen LogP contribution >= 0.6 is 0 Å². The van der Waals surface area contributed by atoms with Crippen LogP contribution in [0.3, 0.4) is 0 Å². The Bertz CT molecular complexity index is 325. The molecule has 0 spiro atoms. The number of likely N-dealkylation sites (tertiary alicyclic amines) is 1. The van der Waals surface area contributed by atoms with Crippen molar-refractivity contribution in [2.75, 3.05) is 59.9 Å². The highest BCUT2D eigenvalue weighted by Crippen LogP contribution is 2.15. The lowest BCUT2D eigenvalue weighted by Gasteiger charge is -2.30. The predicted octanol–water partition coefficient (Wildman–Crippen LogP) is 2.34. The summed E-state index contributed by atoms with van der Waals surface area (Å²) in [4.78, 5) is 19.0. The highest BCUT2D eigenvalue weighted by atomic mass is 16.2. The zero-order valence-electron chi connectivity index (χ0n) is 16.0. The van der Waals surface area contributed by atoms with Gasteiger partial charge in [-0.1, -0.05) is 20.8 Å². The zero-order chi connectivity index (χ0) is 17.2. The second kappa shape index (κ2) is 10.9. The number of nitrogens with one attached hydrogen (secondary N) is 1. The van der Waals surface area contributed by atoms with Crippen molar-refractivity contribution in [3.05, 3.63) is 0 Å². The van der Waals surface area contributed by atoms with Crippen LogP contribution in [-0.2, 0) is 0 Å². The molecular formula is C18H38N4O. The third-order valence-electron chi connectivity index (χ3n) is 4.49. The fourth-order valence-electron chi connectivity index (χ4n) is 2.93. The largest absolute Gasteiger partial charge is 0.338 e. The molecule has 0 aromatic rings. The second-order valence-corrected chi connectivity index (χ2v) is 7.75. The fraction of sp³-hybridized carbons (Fsp3) is 0.944. The summed E-state index contributed by atoms with van der Waals surface area (Å²) in [5.41, 5.74) is 0. The highest BCUT2D eigenvalue weighted by molar-refractivity contribution is 5.74. The smallest absolute Gasteiger partial charge is 0.317 e. The summed E-state index contributed by atoms with van der Waals surface area (Å²) in [6.45, 7) is 13.5. The normalized spacial score (nSPS) is 17.0. The van der Waals surface area contributed by atoms with Crippen molar-refractivity contribution in [2.24, 2.45) is 11.8 Å². The molecule has 0 atom stereocenters. The minimum Gasteiger partial charge on any atom is -0.338 e. The van der Waals surface area contributed by atoms with E-state index in [2.05, 4.69) is 35.9 Å². The molecule has 0 aliphatic carbocycles. The summed E-state index contributed by atoms with van der Waals surface area (Å²) in [7, 11) is 4.09. The first kappa shape index (κ1) is 20.2. The average molecular weight is 327 g/mol. The Labute approximate surface area is 143 Å². The maximum atomic E-state index is 12.4. The van der Waals surface area contributed by atoms with E-state index in [1.165, 1.54) is 25.9 Å². The summed E-state index contributed by atoms with van der Waals surface area (Å²) < 4.78 is 0. The summed E-state index contributed by atoms with van der Waals surface area (Å²) in [6, 6.07) is 0.0906. The zero-order valence-corrected chi connectivity index (χ0v) is 16.0. The summed E-state index contributed by atoms with van der Waals surface area (Å²) in [6.07, 6.45) is 3.68. The maximum absolute atomic E-state index is 12.4. The Morgan fingerprint density at radius 3 is 2.43 bits per heavy atom. The first-order valence-corrected chi connectivity index (χ1v) is 9.28. The Morgan fingerprint density at radius 2 is 1.87 bits per heavy atom. The van der Waals surface area contributed by atoms with E-state index in [0.717, 1.165) is 45.1 Å². The maximum Gasteiger partial charge on any atom is 0.317 e. The molecule has 1 saturated heterocycles. The standard InChI is InChI=1S/C18H38N4O/c1-16(2)15-22(14-13-20(4)5)18(23)19-9-6-10-21-11-7-17(3)8-12-21/h16-17H,6-15H2,1-5H3,(H,19,23). The molecule has 0 unspecified atom stereocenters. The van der Waals surface area contributed by atoms with Crippen LogP contribution in [0.15, 0.2) is 0 Å². The van der Waals surface area contributed by atoms with Gasteiger partial charge in [0, 0.05) is 26.2 Å². The Kier molecular flexibility index (Phi) is 9.56. The van der Waals surface area contributed by atoms with Crippen LogP contribution in [0.2, 0.25) is 0 Å². The van der Waals surface area contributed by atoms with Crippen molar-refractivity contribution >= 4 is 6.03 Å². The molecule has 136 valence electrons. The van der Waals surface area contributed by atoms with Gasteiger partial charge in [0.05, 0.1) is 0 Å². The van der Waals surface area contributed by atoms with Crippen molar-refractivity contribution in [3.8, 4) is 0 Å². The molecule has 0 bridgehead atoms. The molecule has 1 aliphatic rings. The molecule has 0 saturated carbocycles. The first-order valence-electron chi connectivity index (χ1n) is 9.28. The molecule has 5 nitrogen and oxygen atoms in total. The van der Waals surface area contributed by atoms with E-state index in [1.54, 1.807) is 0 Å². The quantitative estimate of drug-likeness (QED) is 0.661. The Hall–Kier alpha value is -0.810. The molecule has 0 radical (unpaired) electrons. The van der Waals surface area contributed by atoms with Gasteiger partial charge in [0.1, 0.15) is 0 Å². The van der Waals surface area contributed by atoms with E-state index >= 15 is 0 Å². The predicted molar refractivity (Wildman–Crippen MR) is 97.8 cm³/mol. The lowest BCUT2D eigenvalue weighted by atomic mass is 9.99. The topological polar surface area (TPSA) is 38.8 Å². The SMILES string of the molecule is CC(C)CN(CCN(C)C)C(=O)NCCCN1CCC(C)CC1. The Morgan fingerprint density at radius 1 is 1.22 bits per heavy atom. The summed E-state index contributed by atoms with van der Waals surface area (Å²) in [5.74, 6) is 1.38.